The number of fused-ring (bicyclic) bond motifs is 1. The van der Waals surface area contributed by atoms with Crippen molar-refractivity contribution in [3.8, 4) is 0 Å². The van der Waals surface area contributed by atoms with E-state index >= 15 is 19.2 Å². The number of aliphatic hydroxyl groups excluding tert-OH is 1. The normalized spacial score (nSPS) is 24.7. The number of carbonyl (C=O) groups is 14. The molecule has 0 unspecified atom stereocenters. The Balaban J connectivity index is 2.33. The van der Waals surface area contributed by atoms with E-state index in [1.54, 1.807) is 47.6 Å². The van der Waals surface area contributed by atoms with E-state index in [1.807, 2.05) is 55.4 Å². The fourth-order valence-electron chi connectivity index (χ4n) is 13.6. The van der Waals surface area contributed by atoms with Crippen molar-refractivity contribution in [1.29, 1.82) is 0 Å². The first-order chi connectivity index (χ1) is 48.6. The van der Waals surface area contributed by atoms with Crippen LogP contribution in [0.15, 0.2) is 18.2 Å². The van der Waals surface area contributed by atoms with E-state index in [-0.39, 0.29) is 86.4 Å². The van der Waals surface area contributed by atoms with Gasteiger partial charge < -0.3 is 66.1 Å². The van der Waals surface area contributed by atoms with Gasteiger partial charge in [0.15, 0.2) is 17.3 Å². The number of amides is 11. The summed E-state index contributed by atoms with van der Waals surface area (Å²) in [6.45, 7) is 29.1. The van der Waals surface area contributed by atoms with Crippen molar-refractivity contribution in [2.24, 2.45) is 64.9 Å². The molecular weight excluding hydrogens is 1370 g/mol. The lowest BCUT2D eigenvalue weighted by Gasteiger charge is -2.41. The molecule has 1 fully saturated rings. The monoisotopic (exact) mass is 1490 g/mol. The fourth-order valence-corrected chi connectivity index (χ4v) is 13.8. The van der Waals surface area contributed by atoms with E-state index < -0.39 is 191 Å². The molecule has 7 N–H and O–H groups in total. The second kappa shape index (κ2) is 40.8. The summed E-state index contributed by atoms with van der Waals surface area (Å²) in [6.07, 6.45) is -2.25. The summed E-state index contributed by atoms with van der Waals surface area (Å²) in [5, 5.41) is 20.6. The van der Waals surface area contributed by atoms with Crippen LogP contribution in [0.4, 0.5) is 0 Å². The maximum absolute atomic E-state index is 15.6. The predicted molar refractivity (Wildman–Crippen MR) is 404 cm³/mol. The molecule has 14 atom stereocenters. The first kappa shape index (κ1) is 91.4. The number of aromatic amines is 1. The minimum Gasteiger partial charge on any atom is -0.390 e. The van der Waals surface area contributed by atoms with Crippen LogP contribution in [0.1, 0.15) is 185 Å². The summed E-state index contributed by atoms with van der Waals surface area (Å²) in [7, 11) is 9.97. The van der Waals surface area contributed by atoms with Gasteiger partial charge in [-0.15, -0.1) is 0 Å². The van der Waals surface area contributed by atoms with Gasteiger partial charge in [-0.2, -0.15) is 12.6 Å². The molecule has 11 amide bonds. The smallest absolute Gasteiger partial charge is 0.252 e. The molecule has 28 nitrogen and oxygen atoms in total. The maximum atomic E-state index is 15.6. The number of aromatic nitrogens is 2. The van der Waals surface area contributed by atoms with Crippen LogP contribution in [0.25, 0.3) is 11.0 Å². The Bertz CT molecular complexity index is 3410. The van der Waals surface area contributed by atoms with Crippen LogP contribution >= 0.6 is 12.6 Å². The summed E-state index contributed by atoms with van der Waals surface area (Å²) in [6, 6.07) is -6.38. The van der Waals surface area contributed by atoms with Crippen molar-refractivity contribution >= 4 is 106 Å². The molecule has 0 spiro atoms. The zero-order chi connectivity index (χ0) is 80.4. The molecule has 3 rings (SSSR count). The molecule has 0 saturated carbocycles. The number of imidazole rings is 1. The molecule has 0 bridgehead atoms. The highest BCUT2D eigenvalue weighted by atomic mass is 32.1. The topological polar surface area (TPSA) is 373 Å². The second-order valence-electron chi connectivity index (χ2n) is 31.7. The number of Topliss-reactive ketones (excluding diaryl/α,β-unsaturated/α-hetero) is 3. The van der Waals surface area contributed by atoms with Crippen LogP contribution in [0.2, 0.25) is 0 Å². The standard InChI is InChI=1S/C76H125N13O15S/c1-25-49-35-61(92)65(66(94)45(14)33-62-80-52-27-26-50(34-53(52)81-62)69(97)82-54(38-105)70(98)78-47(16)67(77)95)89(24)76(104)64(44(12)13)88(23)75(103)58(31-42(8)9)87(22)74(102)57(30-41(6)7)86(21)71(99)48(17)79-68(96)46(15)32-59(90)56(29-40(4)5)85(20)73(101)51(43(10)11)36-60(91)55(28-39(2)3)84(19)63(93)37-83(18)72(49)100/h26-27,34,39-49,51,54-58,64-66,94,105H,25,28-33,35-38H2,1-24H3,(H2,77,95)(H,78,98)(H,79,96)(H,80,81)(H,82,97)/t45-,46-,47+,48-,49-,51+,54+,55+,56+,57+,58+,64+,65-,66-/m1/s1. The van der Waals surface area contributed by atoms with Crippen LogP contribution in [-0.4, -0.2) is 254 Å². The highest BCUT2D eigenvalue weighted by molar-refractivity contribution is 7.80. The van der Waals surface area contributed by atoms with Crippen LogP contribution in [0.5, 0.6) is 0 Å². The van der Waals surface area contributed by atoms with Gasteiger partial charge in [-0.3, -0.25) is 67.1 Å². The lowest BCUT2D eigenvalue weighted by Crippen LogP contribution is -2.62. The Labute approximate surface area is 627 Å². The number of thiol groups is 1. The molecule has 590 valence electrons. The van der Waals surface area contributed by atoms with E-state index in [1.165, 1.54) is 107 Å². The van der Waals surface area contributed by atoms with Crippen LogP contribution < -0.4 is 21.7 Å². The molecule has 29 heteroatoms. The van der Waals surface area contributed by atoms with Gasteiger partial charge in [0.25, 0.3) is 5.91 Å². The molecule has 2 heterocycles. The Morgan fingerprint density at radius 2 is 1.08 bits per heavy atom. The van der Waals surface area contributed by atoms with Gasteiger partial charge >= 0.3 is 0 Å². The summed E-state index contributed by atoms with van der Waals surface area (Å²) in [5.41, 5.74) is 6.22. The summed E-state index contributed by atoms with van der Waals surface area (Å²) >= 11 is 4.21. The lowest BCUT2D eigenvalue weighted by molar-refractivity contribution is -0.157. The Morgan fingerprint density at radius 1 is 0.590 bits per heavy atom. The Morgan fingerprint density at radius 3 is 1.57 bits per heavy atom. The molecule has 105 heavy (non-hydrogen) atoms. The number of rotatable bonds is 21. The third kappa shape index (κ3) is 24.9. The summed E-state index contributed by atoms with van der Waals surface area (Å²) < 4.78 is 0. The van der Waals surface area contributed by atoms with E-state index in [0.717, 1.165) is 9.80 Å². The first-order valence-corrected chi connectivity index (χ1v) is 37.7. The number of ketones is 3. The average Bonchev–Trinajstić information content (AvgIpc) is 1.78. The number of likely N-dealkylation sites (N-methyl/N-ethyl adjacent to an activating group) is 7. The molecule has 2 aromatic rings. The third-order valence-corrected chi connectivity index (χ3v) is 20.6. The van der Waals surface area contributed by atoms with Crippen LogP contribution in [0.3, 0.4) is 0 Å². The van der Waals surface area contributed by atoms with E-state index in [4.69, 9.17) is 10.7 Å². The lowest BCUT2D eigenvalue weighted by atomic mass is 9.84. The fraction of sp³-hybridized carbons (Fsp3) is 0.724. The summed E-state index contributed by atoms with van der Waals surface area (Å²) in [5.74, 6) is -14.3. The van der Waals surface area contributed by atoms with Crippen molar-refractivity contribution in [2.75, 3.05) is 61.6 Å². The Kier molecular flexibility index (Phi) is 35.5. The largest absolute Gasteiger partial charge is 0.390 e. The van der Waals surface area contributed by atoms with Gasteiger partial charge in [-0.1, -0.05) is 104 Å². The van der Waals surface area contributed by atoms with Gasteiger partial charge in [0.05, 0.1) is 35.8 Å². The molecule has 1 saturated heterocycles. The minimum atomic E-state index is -1.71. The number of primary amides is 1. The molecule has 0 radical (unpaired) electrons. The molecule has 1 aliphatic heterocycles. The number of aliphatic hydroxyl groups is 1. The minimum absolute atomic E-state index is 0.0481. The van der Waals surface area contributed by atoms with Crippen molar-refractivity contribution in [2.45, 2.75) is 236 Å². The van der Waals surface area contributed by atoms with Crippen LogP contribution in [0, 0.1) is 59.2 Å². The quantitative estimate of drug-likeness (QED) is 0.0832. The van der Waals surface area contributed by atoms with E-state index in [9.17, 15) is 53.1 Å². The first-order valence-electron chi connectivity index (χ1n) is 37.1. The zero-order valence-electron chi connectivity index (χ0n) is 66.8. The van der Waals surface area contributed by atoms with Gasteiger partial charge in [-0.05, 0) is 106 Å². The maximum Gasteiger partial charge on any atom is 0.252 e. The average molecular weight is 1490 g/mol. The van der Waals surface area contributed by atoms with Gasteiger partial charge in [0.2, 0.25) is 59.1 Å². The van der Waals surface area contributed by atoms with E-state index in [2.05, 4.69) is 33.6 Å². The zero-order valence-corrected chi connectivity index (χ0v) is 67.7. The second-order valence-corrected chi connectivity index (χ2v) is 32.1. The van der Waals surface area contributed by atoms with Gasteiger partial charge in [-0.25, -0.2) is 4.98 Å². The molecule has 0 aliphatic carbocycles. The number of benzene rings is 1. The molecule has 1 aromatic carbocycles. The number of nitrogens with one attached hydrogen (secondary N) is 4. The van der Waals surface area contributed by atoms with Crippen molar-refractivity contribution in [1.82, 2.24) is 60.2 Å². The highest BCUT2D eigenvalue weighted by Crippen LogP contribution is 2.30. The van der Waals surface area contributed by atoms with E-state index in [0.29, 0.717) is 16.9 Å². The molecule has 1 aromatic heterocycles. The Hall–Kier alpha value is -7.82. The SMILES string of the molecule is CC[C@@H]1CC(=O)[C@H]([C@H](O)[C@H](C)Cc2nc3ccc(C(=O)N[C@@H](CS)C(=O)N[C@@H](C)C(N)=O)cc3[nH]2)N(C)C(=O)[C@H](C(C)C)N(C)C(=O)[C@H](CC(C)C)N(C)C(=O)[C@H](CC(C)C)N(C)C(=O)[C@@H](C)NC(=O)[C@H](C)CC(=O)[C@H](CC(C)C)N(C)C(=O)[C@H](C(C)C)CC(=O)[C@H](CC(C)C)N(C)C(=O)CN(C)C1=O. The number of hydrogen-bond donors (Lipinski definition) is 7. The van der Waals surface area contributed by atoms with Crippen molar-refractivity contribution < 1.29 is 72.2 Å². The summed E-state index contributed by atoms with van der Waals surface area (Å²) in [4.78, 5) is 218. The number of carbonyl (C=O) groups excluding carboxylic acids is 14. The number of nitrogens with zero attached hydrogens (tertiary/aromatic N) is 8. The molecular formula is C76H125N13O15S. The molecule has 1 aliphatic rings. The number of nitrogens with two attached hydrogens (primary N) is 1. The van der Waals surface area contributed by atoms with Crippen LogP contribution in [-0.2, 0) is 68.7 Å². The van der Waals surface area contributed by atoms with Gasteiger partial charge in [0.1, 0.15) is 48.1 Å². The van der Waals surface area contributed by atoms with Crippen molar-refractivity contribution in [3.05, 3.63) is 29.6 Å². The number of H-pyrrole nitrogens is 1. The van der Waals surface area contributed by atoms with Gasteiger partial charge in [0, 0.05) is 104 Å². The van der Waals surface area contributed by atoms with Crippen molar-refractivity contribution in [3.63, 3.8) is 0 Å². The third-order valence-electron chi connectivity index (χ3n) is 20.2. The number of hydrogen-bond acceptors (Lipinski definition) is 17. The predicted octanol–water partition coefficient (Wildman–Crippen LogP) is 4.71. The highest BCUT2D eigenvalue weighted by Gasteiger charge is 2.46.